The first-order valence-corrected chi connectivity index (χ1v) is 7.49. The summed E-state index contributed by atoms with van der Waals surface area (Å²) in [6.07, 6.45) is 0. The molecule has 0 unspecified atom stereocenters. The second-order valence-electron chi connectivity index (χ2n) is 4.72. The second kappa shape index (κ2) is 8.80. The lowest BCUT2D eigenvalue weighted by Crippen LogP contribution is -2.12. The summed E-state index contributed by atoms with van der Waals surface area (Å²) in [5, 5.41) is 2.83. The van der Waals surface area contributed by atoms with Crippen LogP contribution in [0, 0.1) is 0 Å². The van der Waals surface area contributed by atoms with Crippen molar-refractivity contribution in [2.45, 2.75) is 6.92 Å². The quantitative estimate of drug-likeness (QED) is 0.759. The van der Waals surface area contributed by atoms with Crippen LogP contribution >= 0.6 is 0 Å². The van der Waals surface area contributed by atoms with Gasteiger partial charge in [0.2, 0.25) is 0 Å². The number of hydrogen-bond donors (Lipinski definition) is 1. The maximum absolute atomic E-state index is 12.3. The first-order valence-electron chi connectivity index (χ1n) is 7.49. The number of para-hydroxylation sites is 2. The predicted octanol–water partition coefficient (Wildman–Crippen LogP) is 3.36. The summed E-state index contributed by atoms with van der Waals surface area (Å²) in [6, 6.07) is 14.3. The van der Waals surface area contributed by atoms with Crippen molar-refractivity contribution in [3.05, 3.63) is 54.1 Å². The van der Waals surface area contributed by atoms with Gasteiger partial charge in [-0.15, -0.1) is 0 Å². The molecule has 0 saturated carbocycles. The molecule has 0 aromatic heterocycles. The van der Waals surface area contributed by atoms with Crippen molar-refractivity contribution in [1.82, 2.24) is 0 Å². The van der Waals surface area contributed by atoms with Crippen molar-refractivity contribution in [3.63, 3.8) is 0 Å². The minimum atomic E-state index is -0.199. The smallest absolute Gasteiger partial charge is 0.255 e. The van der Waals surface area contributed by atoms with Gasteiger partial charge in [-0.05, 0) is 43.3 Å². The van der Waals surface area contributed by atoms with Gasteiger partial charge in [0.05, 0.1) is 19.4 Å². The topological polar surface area (TPSA) is 56.8 Å². The van der Waals surface area contributed by atoms with Crippen LogP contribution in [0.1, 0.15) is 17.3 Å². The van der Waals surface area contributed by atoms with Gasteiger partial charge in [-0.25, -0.2) is 0 Å². The summed E-state index contributed by atoms with van der Waals surface area (Å²) in [5.41, 5.74) is 1.19. The van der Waals surface area contributed by atoms with Crippen LogP contribution in [-0.4, -0.2) is 32.8 Å². The highest BCUT2D eigenvalue weighted by molar-refractivity contribution is 6.05. The van der Waals surface area contributed by atoms with E-state index < -0.39 is 0 Å². The minimum Gasteiger partial charge on any atom is -0.495 e. The van der Waals surface area contributed by atoms with E-state index in [1.165, 1.54) is 0 Å². The van der Waals surface area contributed by atoms with Crippen LogP contribution in [0.4, 0.5) is 5.69 Å². The van der Waals surface area contributed by atoms with Gasteiger partial charge in [-0.1, -0.05) is 12.1 Å². The molecule has 0 heterocycles. The third kappa shape index (κ3) is 5.00. The van der Waals surface area contributed by atoms with Crippen molar-refractivity contribution in [2.24, 2.45) is 0 Å². The number of methoxy groups -OCH3 is 1. The molecule has 0 spiro atoms. The van der Waals surface area contributed by atoms with Crippen LogP contribution in [0.2, 0.25) is 0 Å². The molecule has 122 valence electrons. The Balaban J connectivity index is 1.94. The number of amides is 1. The molecule has 2 rings (SSSR count). The second-order valence-corrected chi connectivity index (χ2v) is 4.72. The van der Waals surface area contributed by atoms with Crippen molar-refractivity contribution < 1.29 is 19.0 Å². The lowest BCUT2D eigenvalue weighted by atomic mass is 10.2. The molecule has 23 heavy (non-hydrogen) atoms. The Labute approximate surface area is 136 Å². The Bertz CT molecular complexity index is 625. The van der Waals surface area contributed by atoms with Crippen molar-refractivity contribution in [3.8, 4) is 11.5 Å². The zero-order valence-corrected chi connectivity index (χ0v) is 13.4. The number of carbonyl (C=O) groups is 1. The molecule has 0 aliphatic rings. The largest absolute Gasteiger partial charge is 0.495 e. The van der Waals surface area contributed by atoms with E-state index in [4.69, 9.17) is 14.2 Å². The van der Waals surface area contributed by atoms with Crippen molar-refractivity contribution in [2.75, 3.05) is 32.2 Å². The summed E-state index contributed by atoms with van der Waals surface area (Å²) >= 11 is 0. The van der Waals surface area contributed by atoms with Gasteiger partial charge < -0.3 is 19.5 Å². The molecule has 1 amide bonds. The molecule has 0 bridgehead atoms. The van der Waals surface area contributed by atoms with E-state index in [2.05, 4.69) is 5.32 Å². The van der Waals surface area contributed by atoms with Crippen LogP contribution in [-0.2, 0) is 4.74 Å². The van der Waals surface area contributed by atoms with Gasteiger partial charge in [0.1, 0.15) is 18.1 Å². The molecule has 0 aliphatic heterocycles. The zero-order chi connectivity index (χ0) is 16.5. The van der Waals surface area contributed by atoms with Gasteiger partial charge in [0.15, 0.2) is 0 Å². The Hall–Kier alpha value is -2.53. The highest BCUT2D eigenvalue weighted by Gasteiger charge is 2.09. The normalized spacial score (nSPS) is 10.2. The molecular weight excluding hydrogens is 294 g/mol. The van der Waals surface area contributed by atoms with E-state index >= 15 is 0 Å². The fraction of sp³-hybridized carbons (Fsp3) is 0.278. The lowest BCUT2D eigenvalue weighted by Gasteiger charge is -2.10. The number of hydrogen-bond acceptors (Lipinski definition) is 4. The molecule has 5 heteroatoms. The summed E-state index contributed by atoms with van der Waals surface area (Å²) in [6.45, 7) is 3.65. The van der Waals surface area contributed by atoms with Gasteiger partial charge in [0, 0.05) is 12.2 Å². The van der Waals surface area contributed by atoms with Gasteiger partial charge in [-0.3, -0.25) is 4.79 Å². The van der Waals surface area contributed by atoms with Gasteiger partial charge >= 0.3 is 0 Å². The minimum absolute atomic E-state index is 0.199. The summed E-state index contributed by atoms with van der Waals surface area (Å²) in [7, 11) is 1.57. The molecule has 0 saturated heterocycles. The first-order chi connectivity index (χ1) is 11.2. The molecule has 2 aromatic carbocycles. The molecule has 1 N–H and O–H groups in total. The van der Waals surface area contributed by atoms with E-state index in [0.29, 0.717) is 42.6 Å². The van der Waals surface area contributed by atoms with E-state index in [9.17, 15) is 4.79 Å². The van der Waals surface area contributed by atoms with E-state index in [-0.39, 0.29) is 5.91 Å². The number of nitrogens with one attached hydrogen (secondary N) is 1. The monoisotopic (exact) mass is 315 g/mol. The molecule has 0 radical (unpaired) electrons. The average molecular weight is 315 g/mol. The van der Waals surface area contributed by atoms with Crippen LogP contribution in [0.15, 0.2) is 48.5 Å². The lowest BCUT2D eigenvalue weighted by molar-refractivity contribution is 0.102. The van der Waals surface area contributed by atoms with E-state index in [1.54, 1.807) is 43.5 Å². The SMILES string of the molecule is CCOCCOc1ccc(C(=O)Nc2ccccc2OC)cc1. The molecular formula is C18H21NO4. The molecule has 0 atom stereocenters. The number of benzene rings is 2. The van der Waals surface area contributed by atoms with Crippen LogP contribution in [0.25, 0.3) is 0 Å². The van der Waals surface area contributed by atoms with Crippen LogP contribution in [0.5, 0.6) is 11.5 Å². The first kappa shape index (κ1) is 16.8. The Morgan fingerprint density at radius 1 is 1.04 bits per heavy atom. The van der Waals surface area contributed by atoms with Gasteiger partial charge in [-0.2, -0.15) is 0 Å². The summed E-state index contributed by atoms with van der Waals surface area (Å²) in [5.74, 6) is 1.13. The third-order valence-electron chi connectivity index (χ3n) is 3.17. The average Bonchev–Trinajstić information content (AvgIpc) is 2.59. The molecule has 0 aliphatic carbocycles. The highest BCUT2D eigenvalue weighted by atomic mass is 16.5. The number of ether oxygens (including phenoxy) is 3. The fourth-order valence-corrected chi connectivity index (χ4v) is 2.01. The molecule has 5 nitrogen and oxygen atoms in total. The molecule has 0 fully saturated rings. The number of rotatable bonds is 8. The standard InChI is InChI=1S/C18H21NO4/c1-3-22-12-13-23-15-10-8-14(9-11-15)18(20)19-16-6-4-5-7-17(16)21-2/h4-11H,3,12-13H2,1-2H3,(H,19,20). The zero-order valence-electron chi connectivity index (χ0n) is 13.4. The Kier molecular flexibility index (Phi) is 6.44. The van der Waals surface area contributed by atoms with E-state index in [0.717, 1.165) is 0 Å². The predicted molar refractivity (Wildman–Crippen MR) is 89.4 cm³/mol. The van der Waals surface area contributed by atoms with Crippen molar-refractivity contribution >= 4 is 11.6 Å². The maximum atomic E-state index is 12.3. The van der Waals surface area contributed by atoms with E-state index in [1.807, 2.05) is 19.1 Å². The highest BCUT2D eigenvalue weighted by Crippen LogP contribution is 2.24. The number of anilines is 1. The Morgan fingerprint density at radius 2 is 1.78 bits per heavy atom. The third-order valence-corrected chi connectivity index (χ3v) is 3.17. The van der Waals surface area contributed by atoms with Crippen LogP contribution in [0.3, 0.4) is 0 Å². The summed E-state index contributed by atoms with van der Waals surface area (Å²) in [4.78, 5) is 12.3. The Morgan fingerprint density at radius 3 is 2.48 bits per heavy atom. The fourth-order valence-electron chi connectivity index (χ4n) is 2.01. The number of carbonyl (C=O) groups excluding carboxylic acids is 1. The van der Waals surface area contributed by atoms with Crippen LogP contribution < -0.4 is 14.8 Å². The maximum Gasteiger partial charge on any atom is 0.255 e. The van der Waals surface area contributed by atoms with Gasteiger partial charge in [0.25, 0.3) is 5.91 Å². The molecule has 2 aromatic rings. The summed E-state index contributed by atoms with van der Waals surface area (Å²) < 4.78 is 15.9. The van der Waals surface area contributed by atoms with Crippen molar-refractivity contribution in [1.29, 1.82) is 0 Å².